The number of ether oxygens (including phenoxy) is 2. The minimum atomic E-state index is 0.434. The molecule has 3 nitrogen and oxygen atoms in total. The number of hydrogen-bond acceptors (Lipinski definition) is 3. The average Bonchev–Trinajstić information content (AvgIpc) is 2.44. The Bertz CT molecular complexity index is 645. The Hall–Kier alpha value is -1.55. The number of halogens is 1. The quantitative estimate of drug-likeness (QED) is 0.803. The largest absolute Gasteiger partial charge is 0.496 e. The van der Waals surface area contributed by atoms with Crippen molar-refractivity contribution in [2.24, 2.45) is 0 Å². The van der Waals surface area contributed by atoms with Gasteiger partial charge in [0.1, 0.15) is 18.1 Å². The van der Waals surface area contributed by atoms with Crippen molar-refractivity contribution in [2.45, 2.75) is 34.3 Å². The molecule has 0 atom stereocenters. The standard InChI is InChI=1S/C17H20BrNO2/c1-10-6-14(7-11(2)16(10)18)21-9-15-13(4)17(20-5)12(3)8-19-15/h6-8H,9H2,1-5H3. The molecule has 0 amide bonds. The summed E-state index contributed by atoms with van der Waals surface area (Å²) in [5.74, 6) is 1.74. The van der Waals surface area contributed by atoms with E-state index in [-0.39, 0.29) is 0 Å². The predicted molar refractivity (Wildman–Crippen MR) is 88.2 cm³/mol. The summed E-state index contributed by atoms with van der Waals surface area (Å²) in [5.41, 5.74) is 5.29. The second kappa shape index (κ2) is 6.48. The molecule has 0 spiro atoms. The summed E-state index contributed by atoms with van der Waals surface area (Å²) < 4.78 is 12.4. The van der Waals surface area contributed by atoms with Gasteiger partial charge in [0.25, 0.3) is 0 Å². The number of aryl methyl sites for hydroxylation is 3. The van der Waals surface area contributed by atoms with Gasteiger partial charge in [-0.25, -0.2) is 0 Å². The lowest BCUT2D eigenvalue weighted by atomic mass is 10.1. The molecular weight excluding hydrogens is 330 g/mol. The number of nitrogens with zero attached hydrogens (tertiary/aromatic N) is 1. The minimum absolute atomic E-state index is 0.434. The highest BCUT2D eigenvalue weighted by Crippen LogP contribution is 2.28. The first-order valence-electron chi connectivity index (χ1n) is 6.82. The molecule has 1 heterocycles. The Morgan fingerprint density at radius 2 is 1.67 bits per heavy atom. The minimum Gasteiger partial charge on any atom is -0.496 e. The highest BCUT2D eigenvalue weighted by atomic mass is 79.9. The lowest BCUT2D eigenvalue weighted by Crippen LogP contribution is -2.04. The molecule has 4 heteroatoms. The van der Waals surface area contributed by atoms with E-state index in [1.807, 2.05) is 32.2 Å². The molecule has 0 aliphatic heterocycles. The molecule has 1 aromatic carbocycles. The van der Waals surface area contributed by atoms with Gasteiger partial charge in [-0.05, 0) is 51.0 Å². The van der Waals surface area contributed by atoms with Crippen molar-refractivity contribution in [1.29, 1.82) is 0 Å². The van der Waals surface area contributed by atoms with Crippen molar-refractivity contribution in [3.63, 3.8) is 0 Å². The molecule has 2 rings (SSSR count). The molecular formula is C17H20BrNO2. The third kappa shape index (κ3) is 3.38. The van der Waals surface area contributed by atoms with Gasteiger partial charge in [0.2, 0.25) is 0 Å². The fraction of sp³-hybridized carbons (Fsp3) is 0.353. The molecule has 21 heavy (non-hydrogen) atoms. The van der Waals surface area contributed by atoms with Crippen LogP contribution in [-0.2, 0) is 6.61 Å². The van der Waals surface area contributed by atoms with Crippen LogP contribution in [0.25, 0.3) is 0 Å². The number of rotatable bonds is 4. The summed E-state index contributed by atoms with van der Waals surface area (Å²) in [6.45, 7) is 8.55. The van der Waals surface area contributed by atoms with Crippen LogP contribution in [0, 0.1) is 27.7 Å². The summed E-state index contributed by atoms with van der Waals surface area (Å²) >= 11 is 3.56. The van der Waals surface area contributed by atoms with Crippen LogP contribution in [0.2, 0.25) is 0 Å². The van der Waals surface area contributed by atoms with Crippen LogP contribution < -0.4 is 9.47 Å². The van der Waals surface area contributed by atoms with E-state index in [0.717, 1.165) is 43.9 Å². The number of benzene rings is 1. The predicted octanol–water partition coefficient (Wildman–Crippen LogP) is 4.67. The van der Waals surface area contributed by atoms with Gasteiger partial charge in [0.05, 0.1) is 12.8 Å². The summed E-state index contributed by atoms with van der Waals surface area (Å²) in [5, 5.41) is 0. The smallest absolute Gasteiger partial charge is 0.131 e. The van der Waals surface area contributed by atoms with Crippen molar-refractivity contribution in [3.8, 4) is 11.5 Å². The molecule has 0 N–H and O–H groups in total. The van der Waals surface area contributed by atoms with E-state index in [1.54, 1.807) is 7.11 Å². The SMILES string of the molecule is COc1c(C)cnc(COc2cc(C)c(Br)c(C)c2)c1C. The Labute approximate surface area is 134 Å². The first-order valence-corrected chi connectivity index (χ1v) is 7.62. The summed E-state index contributed by atoms with van der Waals surface area (Å²) in [6, 6.07) is 4.05. The molecule has 1 aromatic heterocycles. The monoisotopic (exact) mass is 349 g/mol. The van der Waals surface area contributed by atoms with Gasteiger partial charge < -0.3 is 9.47 Å². The Balaban J connectivity index is 2.21. The average molecular weight is 350 g/mol. The molecule has 112 valence electrons. The molecule has 0 aliphatic rings. The number of hydrogen-bond donors (Lipinski definition) is 0. The molecule has 0 saturated carbocycles. The fourth-order valence-electron chi connectivity index (χ4n) is 2.36. The second-order valence-corrected chi connectivity index (χ2v) is 6.00. The zero-order chi connectivity index (χ0) is 15.6. The van der Waals surface area contributed by atoms with Gasteiger partial charge in [-0.2, -0.15) is 0 Å². The zero-order valence-corrected chi connectivity index (χ0v) is 14.7. The topological polar surface area (TPSA) is 31.4 Å². The van der Waals surface area contributed by atoms with Crippen LogP contribution in [0.3, 0.4) is 0 Å². The zero-order valence-electron chi connectivity index (χ0n) is 13.1. The van der Waals surface area contributed by atoms with Crippen LogP contribution in [0.5, 0.6) is 11.5 Å². The van der Waals surface area contributed by atoms with E-state index in [9.17, 15) is 0 Å². The van der Waals surface area contributed by atoms with Crippen molar-refractivity contribution >= 4 is 15.9 Å². The summed E-state index contributed by atoms with van der Waals surface area (Å²) in [6.07, 6.45) is 1.82. The Morgan fingerprint density at radius 1 is 1.05 bits per heavy atom. The van der Waals surface area contributed by atoms with Crippen LogP contribution >= 0.6 is 15.9 Å². The van der Waals surface area contributed by atoms with E-state index in [2.05, 4.69) is 34.8 Å². The van der Waals surface area contributed by atoms with Gasteiger partial charge in [0, 0.05) is 21.8 Å². The highest BCUT2D eigenvalue weighted by Gasteiger charge is 2.10. The van der Waals surface area contributed by atoms with Crippen LogP contribution in [0.15, 0.2) is 22.8 Å². The van der Waals surface area contributed by atoms with Crippen molar-refractivity contribution in [3.05, 3.63) is 50.8 Å². The fourth-order valence-corrected chi connectivity index (χ4v) is 2.59. The molecule has 2 aromatic rings. The Kier molecular flexibility index (Phi) is 4.88. The molecule has 0 radical (unpaired) electrons. The maximum atomic E-state index is 5.89. The van der Waals surface area contributed by atoms with Crippen molar-refractivity contribution in [1.82, 2.24) is 4.98 Å². The molecule has 0 bridgehead atoms. The van der Waals surface area contributed by atoms with Gasteiger partial charge in [-0.15, -0.1) is 0 Å². The number of pyridine rings is 1. The lowest BCUT2D eigenvalue weighted by Gasteiger charge is -2.14. The van der Waals surface area contributed by atoms with Gasteiger partial charge in [0.15, 0.2) is 0 Å². The van der Waals surface area contributed by atoms with Gasteiger partial charge in [-0.1, -0.05) is 15.9 Å². The van der Waals surface area contributed by atoms with Crippen LogP contribution in [0.1, 0.15) is 27.9 Å². The van der Waals surface area contributed by atoms with Gasteiger partial charge in [-0.3, -0.25) is 4.98 Å². The third-order valence-electron chi connectivity index (χ3n) is 3.54. The van der Waals surface area contributed by atoms with Crippen LogP contribution in [-0.4, -0.2) is 12.1 Å². The first kappa shape index (κ1) is 15.8. The third-order valence-corrected chi connectivity index (χ3v) is 4.79. The summed E-state index contributed by atoms with van der Waals surface area (Å²) in [4.78, 5) is 4.45. The van der Waals surface area contributed by atoms with E-state index < -0.39 is 0 Å². The second-order valence-electron chi connectivity index (χ2n) is 5.21. The molecule has 0 fully saturated rings. The summed E-state index contributed by atoms with van der Waals surface area (Å²) in [7, 11) is 1.68. The number of aromatic nitrogens is 1. The molecule has 0 saturated heterocycles. The van der Waals surface area contributed by atoms with E-state index in [4.69, 9.17) is 9.47 Å². The lowest BCUT2D eigenvalue weighted by molar-refractivity contribution is 0.298. The highest BCUT2D eigenvalue weighted by molar-refractivity contribution is 9.10. The van der Waals surface area contributed by atoms with E-state index in [0.29, 0.717) is 6.61 Å². The maximum absolute atomic E-state index is 5.89. The van der Waals surface area contributed by atoms with Crippen molar-refractivity contribution < 1.29 is 9.47 Å². The molecule has 0 unspecified atom stereocenters. The maximum Gasteiger partial charge on any atom is 0.131 e. The Morgan fingerprint density at radius 3 is 2.24 bits per heavy atom. The first-order chi connectivity index (χ1) is 9.93. The molecule has 0 aliphatic carbocycles. The van der Waals surface area contributed by atoms with Crippen LogP contribution in [0.4, 0.5) is 0 Å². The van der Waals surface area contributed by atoms with E-state index >= 15 is 0 Å². The van der Waals surface area contributed by atoms with E-state index in [1.165, 1.54) is 0 Å². The number of methoxy groups -OCH3 is 1. The van der Waals surface area contributed by atoms with Crippen molar-refractivity contribution in [2.75, 3.05) is 7.11 Å². The van der Waals surface area contributed by atoms with Gasteiger partial charge >= 0.3 is 0 Å². The normalized spacial score (nSPS) is 10.6.